The van der Waals surface area contributed by atoms with E-state index < -0.39 is 17.5 Å². The standard InChI is InChI=1S/C14H11F3N2S/c1-7-4-12(17)13(6-10(7)15)19-8-2-3-9(14(18)20)11(16)5-8/h2-6,19H,1H3,(H2,18,20). The molecule has 2 aromatic carbocycles. The highest BCUT2D eigenvalue weighted by molar-refractivity contribution is 7.80. The number of rotatable bonds is 3. The summed E-state index contributed by atoms with van der Waals surface area (Å²) in [4.78, 5) is -0.0680. The molecule has 2 rings (SSSR count). The van der Waals surface area contributed by atoms with Gasteiger partial charge in [-0.05, 0) is 36.8 Å². The molecule has 0 bridgehead atoms. The van der Waals surface area contributed by atoms with E-state index in [1.165, 1.54) is 19.1 Å². The number of anilines is 2. The molecule has 20 heavy (non-hydrogen) atoms. The smallest absolute Gasteiger partial charge is 0.147 e. The zero-order valence-corrected chi connectivity index (χ0v) is 11.3. The van der Waals surface area contributed by atoms with E-state index in [4.69, 9.17) is 5.73 Å². The number of thiocarbonyl (C=S) groups is 1. The molecule has 2 nitrogen and oxygen atoms in total. The molecule has 0 aromatic heterocycles. The SMILES string of the molecule is Cc1cc(F)c(Nc2ccc(C(N)=S)c(F)c2)cc1F. The molecule has 3 N–H and O–H groups in total. The van der Waals surface area contributed by atoms with Crippen molar-refractivity contribution >= 4 is 28.6 Å². The van der Waals surface area contributed by atoms with Crippen LogP contribution in [0.5, 0.6) is 0 Å². The minimum absolute atomic E-state index is 0.0680. The summed E-state index contributed by atoms with van der Waals surface area (Å²) < 4.78 is 40.7. The van der Waals surface area contributed by atoms with Crippen LogP contribution in [-0.2, 0) is 0 Å². The highest BCUT2D eigenvalue weighted by Crippen LogP contribution is 2.24. The number of halogens is 3. The molecule has 0 aliphatic carbocycles. The van der Waals surface area contributed by atoms with Gasteiger partial charge in [-0.15, -0.1) is 0 Å². The normalized spacial score (nSPS) is 10.4. The van der Waals surface area contributed by atoms with Crippen LogP contribution >= 0.6 is 12.2 Å². The van der Waals surface area contributed by atoms with E-state index in [0.717, 1.165) is 18.2 Å². The van der Waals surface area contributed by atoms with Gasteiger partial charge in [0.1, 0.15) is 22.4 Å². The second-order valence-electron chi connectivity index (χ2n) is 4.27. The van der Waals surface area contributed by atoms with Gasteiger partial charge in [-0.3, -0.25) is 0 Å². The summed E-state index contributed by atoms with van der Waals surface area (Å²) in [5.74, 6) is -1.80. The van der Waals surface area contributed by atoms with Crippen LogP contribution in [0.15, 0.2) is 30.3 Å². The lowest BCUT2D eigenvalue weighted by Gasteiger charge is -2.10. The lowest BCUT2D eigenvalue weighted by Crippen LogP contribution is -2.11. The van der Waals surface area contributed by atoms with E-state index >= 15 is 0 Å². The third-order valence-corrected chi connectivity index (χ3v) is 2.98. The average molecular weight is 296 g/mol. The van der Waals surface area contributed by atoms with Gasteiger partial charge >= 0.3 is 0 Å². The molecule has 0 fully saturated rings. The molecular weight excluding hydrogens is 285 g/mol. The molecule has 104 valence electrons. The maximum absolute atomic E-state index is 13.7. The Morgan fingerprint density at radius 2 is 1.75 bits per heavy atom. The highest BCUT2D eigenvalue weighted by atomic mass is 32.1. The maximum atomic E-state index is 13.7. The first-order valence-electron chi connectivity index (χ1n) is 5.70. The molecule has 0 heterocycles. The third-order valence-electron chi connectivity index (χ3n) is 2.76. The largest absolute Gasteiger partial charge is 0.389 e. The summed E-state index contributed by atoms with van der Waals surface area (Å²) in [5, 5.41) is 2.61. The number of aryl methyl sites for hydroxylation is 1. The van der Waals surface area contributed by atoms with Gasteiger partial charge in [0.05, 0.1) is 5.69 Å². The van der Waals surface area contributed by atoms with E-state index in [2.05, 4.69) is 17.5 Å². The highest BCUT2D eigenvalue weighted by Gasteiger charge is 2.10. The lowest BCUT2D eigenvalue weighted by molar-refractivity contribution is 0.595. The summed E-state index contributed by atoms with van der Waals surface area (Å²) in [7, 11) is 0. The fourth-order valence-corrected chi connectivity index (χ4v) is 1.86. The summed E-state index contributed by atoms with van der Waals surface area (Å²) in [6.07, 6.45) is 0. The molecule has 0 spiro atoms. The molecule has 0 saturated carbocycles. The second-order valence-corrected chi connectivity index (χ2v) is 4.70. The van der Waals surface area contributed by atoms with Crippen molar-refractivity contribution in [2.75, 3.05) is 5.32 Å². The fraction of sp³-hybridized carbons (Fsp3) is 0.0714. The number of nitrogens with two attached hydrogens (primary N) is 1. The second kappa shape index (κ2) is 5.50. The van der Waals surface area contributed by atoms with Crippen molar-refractivity contribution in [3.63, 3.8) is 0 Å². The van der Waals surface area contributed by atoms with E-state index in [9.17, 15) is 13.2 Å². The van der Waals surface area contributed by atoms with Gasteiger partial charge in [0, 0.05) is 17.3 Å². The molecule has 0 aliphatic rings. The fourth-order valence-electron chi connectivity index (χ4n) is 1.69. The molecule has 2 aromatic rings. The zero-order chi connectivity index (χ0) is 14.9. The Hall–Kier alpha value is -2.08. The quantitative estimate of drug-likeness (QED) is 0.846. The van der Waals surface area contributed by atoms with Gasteiger partial charge in [0.15, 0.2) is 0 Å². The van der Waals surface area contributed by atoms with E-state index in [0.29, 0.717) is 0 Å². The van der Waals surface area contributed by atoms with E-state index in [-0.39, 0.29) is 27.5 Å². The first-order chi connectivity index (χ1) is 9.38. The predicted molar refractivity (Wildman–Crippen MR) is 76.7 cm³/mol. The molecule has 0 amide bonds. The Morgan fingerprint density at radius 1 is 1.05 bits per heavy atom. The average Bonchev–Trinajstić information content (AvgIpc) is 2.35. The van der Waals surface area contributed by atoms with Crippen LogP contribution in [0, 0.1) is 24.4 Å². The first kappa shape index (κ1) is 14.3. The van der Waals surface area contributed by atoms with Gasteiger partial charge in [-0.25, -0.2) is 13.2 Å². The van der Waals surface area contributed by atoms with Crippen molar-refractivity contribution in [3.05, 3.63) is 58.9 Å². The predicted octanol–water partition coefficient (Wildman–Crippen LogP) is 3.79. The zero-order valence-electron chi connectivity index (χ0n) is 10.5. The molecule has 0 radical (unpaired) electrons. The minimum atomic E-state index is -0.629. The van der Waals surface area contributed by atoms with Crippen molar-refractivity contribution in [1.82, 2.24) is 0 Å². The Bertz CT molecular complexity index is 686. The molecular formula is C14H11F3N2S. The number of hydrogen-bond donors (Lipinski definition) is 2. The van der Waals surface area contributed by atoms with Crippen molar-refractivity contribution in [2.24, 2.45) is 5.73 Å². The number of nitrogens with one attached hydrogen (secondary N) is 1. The molecule has 0 atom stereocenters. The van der Waals surface area contributed by atoms with Crippen LogP contribution in [0.3, 0.4) is 0 Å². The minimum Gasteiger partial charge on any atom is -0.389 e. The van der Waals surface area contributed by atoms with E-state index in [1.54, 1.807) is 0 Å². The Morgan fingerprint density at radius 3 is 2.35 bits per heavy atom. The van der Waals surface area contributed by atoms with Crippen molar-refractivity contribution in [1.29, 1.82) is 0 Å². The van der Waals surface area contributed by atoms with Gasteiger partial charge in [0.25, 0.3) is 0 Å². The van der Waals surface area contributed by atoms with Crippen molar-refractivity contribution < 1.29 is 13.2 Å². The van der Waals surface area contributed by atoms with Gasteiger partial charge in [-0.1, -0.05) is 12.2 Å². The van der Waals surface area contributed by atoms with Crippen LogP contribution in [0.4, 0.5) is 24.5 Å². The summed E-state index contributed by atoms with van der Waals surface area (Å²) >= 11 is 4.68. The van der Waals surface area contributed by atoms with Crippen LogP contribution in [0.25, 0.3) is 0 Å². The van der Waals surface area contributed by atoms with Crippen LogP contribution in [0.2, 0.25) is 0 Å². The monoisotopic (exact) mass is 296 g/mol. The van der Waals surface area contributed by atoms with Crippen molar-refractivity contribution in [3.8, 4) is 0 Å². The number of hydrogen-bond acceptors (Lipinski definition) is 2. The third kappa shape index (κ3) is 2.91. The summed E-state index contributed by atoms with van der Waals surface area (Å²) in [5.41, 5.74) is 5.83. The Labute approximate surface area is 119 Å². The maximum Gasteiger partial charge on any atom is 0.147 e. The number of benzene rings is 2. The summed E-state index contributed by atoms with van der Waals surface area (Å²) in [6.45, 7) is 1.46. The first-order valence-corrected chi connectivity index (χ1v) is 6.11. The summed E-state index contributed by atoms with van der Waals surface area (Å²) in [6, 6.07) is 6.06. The van der Waals surface area contributed by atoms with Crippen LogP contribution in [-0.4, -0.2) is 4.99 Å². The van der Waals surface area contributed by atoms with E-state index in [1.807, 2.05) is 0 Å². The lowest BCUT2D eigenvalue weighted by atomic mass is 10.1. The van der Waals surface area contributed by atoms with Gasteiger partial charge < -0.3 is 11.1 Å². The van der Waals surface area contributed by atoms with Gasteiger partial charge in [-0.2, -0.15) is 0 Å². The van der Waals surface area contributed by atoms with Crippen LogP contribution < -0.4 is 11.1 Å². The molecule has 0 unspecified atom stereocenters. The van der Waals surface area contributed by atoms with Gasteiger partial charge in [0.2, 0.25) is 0 Å². The van der Waals surface area contributed by atoms with Crippen molar-refractivity contribution in [2.45, 2.75) is 6.92 Å². The topological polar surface area (TPSA) is 38.0 Å². The van der Waals surface area contributed by atoms with Crippen LogP contribution in [0.1, 0.15) is 11.1 Å². The Kier molecular flexibility index (Phi) is 3.94. The molecule has 6 heteroatoms. The molecule has 0 aliphatic heterocycles. The molecule has 0 saturated heterocycles. The Balaban J connectivity index is 2.33.